The molecule has 1 unspecified atom stereocenters. The van der Waals surface area contributed by atoms with Gasteiger partial charge < -0.3 is 19.9 Å². The van der Waals surface area contributed by atoms with E-state index in [0.717, 1.165) is 5.75 Å². The van der Waals surface area contributed by atoms with E-state index in [2.05, 4.69) is 5.32 Å². The first-order valence-electron chi connectivity index (χ1n) is 6.05. The zero-order valence-corrected chi connectivity index (χ0v) is 10.1. The molecule has 0 saturated carbocycles. The van der Waals surface area contributed by atoms with Crippen LogP contribution in [-0.2, 0) is 4.79 Å². The molecule has 2 rings (SSSR count). The number of para-hydroxylation sites is 2. The fourth-order valence-corrected chi connectivity index (χ4v) is 1.72. The van der Waals surface area contributed by atoms with Gasteiger partial charge >= 0.3 is 0 Å². The zero-order chi connectivity index (χ0) is 12.8. The van der Waals surface area contributed by atoms with Crippen molar-refractivity contribution in [3.8, 4) is 11.5 Å². The molecule has 0 fully saturated rings. The first kappa shape index (κ1) is 12.7. The SMILES string of the molecule is O=C(CCCO)NCC1COc2ccccc2O1. The number of ether oxygens (including phenoxy) is 2. The molecule has 1 heterocycles. The van der Waals surface area contributed by atoms with Crippen LogP contribution in [0.1, 0.15) is 12.8 Å². The van der Waals surface area contributed by atoms with Crippen LogP contribution in [0, 0.1) is 0 Å². The third-order valence-corrected chi connectivity index (χ3v) is 2.66. The molecule has 0 aliphatic carbocycles. The Morgan fingerprint density at radius 2 is 2.17 bits per heavy atom. The summed E-state index contributed by atoms with van der Waals surface area (Å²) in [5, 5.41) is 11.4. The van der Waals surface area contributed by atoms with Crippen LogP contribution in [0.5, 0.6) is 11.5 Å². The summed E-state index contributed by atoms with van der Waals surface area (Å²) in [6, 6.07) is 7.46. The van der Waals surface area contributed by atoms with Crippen molar-refractivity contribution in [1.82, 2.24) is 5.32 Å². The summed E-state index contributed by atoms with van der Waals surface area (Å²) in [5.41, 5.74) is 0. The molecule has 0 radical (unpaired) electrons. The molecule has 0 bridgehead atoms. The van der Waals surface area contributed by atoms with E-state index in [4.69, 9.17) is 14.6 Å². The molecule has 18 heavy (non-hydrogen) atoms. The molecule has 0 saturated heterocycles. The maximum atomic E-state index is 11.4. The van der Waals surface area contributed by atoms with Crippen LogP contribution in [0.15, 0.2) is 24.3 Å². The summed E-state index contributed by atoms with van der Waals surface area (Å²) in [6.45, 7) is 0.875. The predicted molar refractivity (Wildman–Crippen MR) is 65.7 cm³/mol. The number of rotatable bonds is 5. The molecule has 1 aromatic carbocycles. The second-order valence-corrected chi connectivity index (χ2v) is 4.13. The zero-order valence-electron chi connectivity index (χ0n) is 10.1. The molecule has 2 N–H and O–H groups in total. The predicted octanol–water partition coefficient (Wildman–Crippen LogP) is 0.715. The fourth-order valence-electron chi connectivity index (χ4n) is 1.72. The Labute approximate surface area is 106 Å². The van der Waals surface area contributed by atoms with Gasteiger partial charge in [0.2, 0.25) is 5.91 Å². The first-order chi connectivity index (χ1) is 8.79. The number of aliphatic hydroxyl groups is 1. The van der Waals surface area contributed by atoms with Gasteiger partial charge in [-0.15, -0.1) is 0 Å². The van der Waals surface area contributed by atoms with E-state index >= 15 is 0 Å². The van der Waals surface area contributed by atoms with Crippen LogP contribution >= 0.6 is 0 Å². The maximum absolute atomic E-state index is 11.4. The highest BCUT2D eigenvalue weighted by atomic mass is 16.6. The molecule has 0 spiro atoms. The summed E-state index contributed by atoms with van der Waals surface area (Å²) < 4.78 is 11.2. The minimum absolute atomic E-state index is 0.0316. The number of amides is 1. The highest BCUT2D eigenvalue weighted by molar-refractivity contribution is 5.75. The van der Waals surface area contributed by atoms with Crippen LogP contribution < -0.4 is 14.8 Å². The van der Waals surface area contributed by atoms with Crippen molar-refractivity contribution in [3.63, 3.8) is 0 Å². The minimum Gasteiger partial charge on any atom is -0.486 e. The molecular formula is C13H17NO4. The van der Waals surface area contributed by atoms with Gasteiger partial charge in [0.1, 0.15) is 12.7 Å². The summed E-state index contributed by atoms with van der Waals surface area (Å²) in [7, 11) is 0. The molecule has 1 amide bonds. The van der Waals surface area contributed by atoms with Crippen molar-refractivity contribution >= 4 is 5.91 Å². The molecule has 5 heteroatoms. The van der Waals surface area contributed by atoms with E-state index in [1.165, 1.54) is 0 Å². The number of nitrogens with one attached hydrogen (secondary N) is 1. The summed E-state index contributed by atoms with van der Waals surface area (Å²) in [5.74, 6) is 1.37. The largest absolute Gasteiger partial charge is 0.486 e. The number of aliphatic hydroxyl groups excluding tert-OH is 1. The Hall–Kier alpha value is -1.75. The van der Waals surface area contributed by atoms with E-state index in [9.17, 15) is 4.79 Å². The molecule has 1 aliphatic heterocycles. The lowest BCUT2D eigenvalue weighted by atomic mass is 10.2. The second-order valence-electron chi connectivity index (χ2n) is 4.13. The van der Waals surface area contributed by atoms with Gasteiger partial charge in [-0.25, -0.2) is 0 Å². The fraction of sp³-hybridized carbons (Fsp3) is 0.462. The monoisotopic (exact) mass is 251 g/mol. The van der Waals surface area contributed by atoms with E-state index in [0.29, 0.717) is 31.7 Å². The molecule has 0 aromatic heterocycles. The van der Waals surface area contributed by atoms with Gasteiger partial charge in [0.15, 0.2) is 11.5 Å². The summed E-state index contributed by atoms with van der Waals surface area (Å²) >= 11 is 0. The highest BCUT2D eigenvalue weighted by Crippen LogP contribution is 2.30. The van der Waals surface area contributed by atoms with Gasteiger partial charge in [-0.2, -0.15) is 0 Å². The van der Waals surface area contributed by atoms with E-state index in [-0.39, 0.29) is 18.6 Å². The smallest absolute Gasteiger partial charge is 0.220 e. The van der Waals surface area contributed by atoms with Gasteiger partial charge in [0.25, 0.3) is 0 Å². The molecule has 1 atom stereocenters. The second kappa shape index (κ2) is 6.26. The van der Waals surface area contributed by atoms with Crippen LogP contribution in [0.4, 0.5) is 0 Å². The van der Waals surface area contributed by atoms with E-state index in [1.807, 2.05) is 24.3 Å². The summed E-state index contributed by atoms with van der Waals surface area (Å²) in [6.07, 6.45) is 0.648. The van der Waals surface area contributed by atoms with E-state index < -0.39 is 0 Å². The highest BCUT2D eigenvalue weighted by Gasteiger charge is 2.20. The number of carbonyl (C=O) groups is 1. The van der Waals surface area contributed by atoms with Gasteiger partial charge in [-0.3, -0.25) is 4.79 Å². The van der Waals surface area contributed by atoms with Crippen molar-refractivity contribution in [1.29, 1.82) is 0 Å². The van der Waals surface area contributed by atoms with Crippen LogP contribution in [0.2, 0.25) is 0 Å². The van der Waals surface area contributed by atoms with Crippen LogP contribution in [-0.4, -0.2) is 36.9 Å². The van der Waals surface area contributed by atoms with Crippen molar-refractivity contribution in [2.45, 2.75) is 18.9 Å². The lowest BCUT2D eigenvalue weighted by Gasteiger charge is -2.26. The Balaban J connectivity index is 1.78. The van der Waals surface area contributed by atoms with Crippen molar-refractivity contribution < 1.29 is 19.4 Å². The number of carbonyl (C=O) groups excluding carboxylic acids is 1. The number of benzene rings is 1. The Morgan fingerprint density at radius 3 is 2.94 bits per heavy atom. The third-order valence-electron chi connectivity index (χ3n) is 2.66. The van der Waals surface area contributed by atoms with Gasteiger partial charge in [-0.05, 0) is 18.6 Å². The van der Waals surface area contributed by atoms with Crippen LogP contribution in [0.3, 0.4) is 0 Å². The van der Waals surface area contributed by atoms with Gasteiger partial charge in [0.05, 0.1) is 6.54 Å². The Kier molecular flexibility index (Phi) is 4.41. The quantitative estimate of drug-likeness (QED) is 0.809. The van der Waals surface area contributed by atoms with Gasteiger partial charge in [-0.1, -0.05) is 12.1 Å². The maximum Gasteiger partial charge on any atom is 0.220 e. The lowest BCUT2D eigenvalue weighted by molar-refractivity contribution is -0.121. The van der Waals surface area contributed by atoms with Crippen molar-refractivity contribution in [2.24, 2.45) is 0 Å². The standard InChI is InChI=1S/C13H17NO4/c15-7-3-6-13(16)14-8-10-9-17-11-4-1-2-5-12(11)18-10/h1-2,4-5,10,15H,3,6-9H2,(H,14,16). The molecule has 98 valence electrons. The molecular weight excluding hydrogens is 234 g/mol. The minimum atomic E-state index is -0.169. The lowest BCUT2D eigenvalue weighted by Crippen LogP contribution is -2.40. The van der Waals surface area contributed by atoms with Crippen molar-refractivity contribution in [2.75, 3.05) is 19.8 Å². The average Bonchev–Trinajstić information content (AvgIpc) is 2.42. The molecule has 1 aromatic rings. The Morgan fingerprint density at radius 1 is 1.39 bits per heavy atom. The molecule has 5 nitrogen and oxygen atoms in total. The van der Waals surface area contributed by atoms with Gasteiger partial charge in [0, 0.05) is 13.0 Å². The molecule has 1 aliphatic rings. The number of fused-ring (bicyclic) bond motifs is 1. The average molecular weight is 251 g/mol. The number of hydrogen-bond donors (Lipinski definition) is 2. The number of hydrogen-bond acceptors (Lipinski definition) is 4. The first-order valence-corrected chi connectivity index (χ1v) is 6.05. The van der Waals surface area contributed by atoms with Crippen LogP contribution in [0.25, 0.3) is 0 Å². The third kappa shape index (κ3) is 3.37. The Bertz CT molecular complexity index is 408. The topological polar surface area (TPSA) is 67.8 Å². The normalized spacial score (nSPS) is 17.3. The van der Waals surface area contributed by atoms with Crippen molar-refractivity contribution in [3.05, 3.63) is 24.3 Å². The summed E-state index contributed by atoms with van der Waals surface area (Å²) in [4.78, 5) is 11.4. The van der Waals surface area contributed by atoms with E-state index in [1.54, 1.807) is 0 Å².